The predicted molar refractivity (Wildman–Crippen MR) is 52.5 cm³/mol. The third kappa shape index (κ3) is 2.00. The van der Waals surface area contributed by atoms with Crippen LogP contribution in [-0.4, -0.2) is 16.2 Å². The van der Waals surface area contributed by atoms with Gasteiger partial charge in [0.05, 0.1) is 5.69 Å². The molecule has 0 unspecified atom stereocenters. The van der Waals surface area contributed by atoms with Crippen molar-refractivity contribution in [2.24, 2.45) is 0 Å². The fraction of sp³-hybridized carbons (Fsp3) is 0. The van der Waals surface area contributed by atoms with Crippen LogP contribution in [0.2, 0.25) is 0 Å². The molecule has 0 atom stereocenters. The first-order valence-corrected chi connectivity index (χ1v) is 4.37. The number of phenolic OH excluding ortho intramolecular Hbond substituents is 1. The van der Waals surface area contributed by atoms with Gasteiger partial charge in [-0.1, -0.05) is 5.16 Å². The van der Waals surface area contributed by atoms with Gasteiger partial charge in [-0.15, -0.1) is 0 Å². The number of aromatic nitrogens is 1. The van der Waals surface area contributed by atoms with E-state index in [4.69, 9.17) is 5.11 Å². The van der Waals surface area contributed by atoms with Gasteiger partial charge in [0.1, 0.15) is 17.8 Å². The number of hydrogen-bond donors (Lipinski definition) is 2. The molecule has 1 aromatic heterocycles. The minimum atomic E-state index is -0.725. The smallest absolute Gasteiger partial charge is 0.277 e. The molecule has 0 aliphatic heterocycles. The maximum atomic E-state index is 13.2. The molecule has 0 aliphatic carbocycles. The molecule has 0 fully saturated rings. The molecule has 16 heavy (non-hydrogen) atoms. The predicted octanol–water partition coefficient (Wildman–Crippen LogP) is 1.77. The highest BCUT2D eigenvalue weighted by Gasteiger charge is 2.11. The topological polar surface area (TPSA) is 75.4 Å². The van der Waals surface area contributed by atoms with Crippen LogP contribution >= 0.6 is 0 Å². The number of nitrogens with one attached hydrogen (secondary N) is 1. The molecule has 2 N–H and O–H groups in total. The lowest BCUT2D eigenvalue weighted by Crippen LogP contribution is -2.13. The number of nitrogens with zero attached hydrogens (tertiary/aromatic N) is 1. The molecule has 6 heteroatoms. The third-order valence-electron chi connectivity index (χ3n) is 1.87. The van der Waals surface area contributed by atoms with E-state index in [1.54, 1.807) is 0 Å². The maximum absolute atomic E-state index is 13.2. The fourth-order valence-electron chi connectivity index (χ4n) is 1.12. The summed E-state index contributed by atoms with van der Waals surface area (Å²) in [5, 5.41) is 14.7. The summed E-state index contributed by atoms with van der Waals surface area (Å²) in [7, 11) is 0. The van der Waals surface area contributed by atoms with Crippen molar-refractivity contribution in [2.75, 3.05) is 5.32 Å². The van der Waals surface area contributed by atoms with Gasteiger partial charge < -0.3 is 14.9 Å². The second-order valence-corrected chi connectivity index (χ2v) is 3.00. The molecule has 1 heterocycles. The fourth-order valence-corrected chi connectivity index (χ4v) is 1.12. The van der Waals surface area contributed by atoms with Crippen LogP contribution in [0.3, 0.4) is 0 Å². The Hall–Kier alpha value is -2.37. The average Bonchev–Trinajstić information content (AvgIpc) is 2.75. The van der Waals surface area contributed by atoms with Crippen molar-refractivity contribution in [1.82, 2.24) is 5.16 Å². The van der Waals surface area contributed by atoms with E-state index in [9.17, 15) is 9.18 Å². The van der Waals surface area contributed by atoms with Crippen molar-refractivity contribution in [3.63, 3.8) is 0 Å². The monoisotopic (exact) mass is 222 g/mol. The molecule has 0 spiro atoms. The van der Waals surface area contributed by atoms with Crippen molar-refractivity contribution >= 4 is 11.6 Å². The van der Waals surface area contributed by atoms with E-state index in [-0.39, 0.29) is 17.1 Å². The number of carbonyl (C=O) groups excluding carboxylic acids is 1. The van der Waals surface area contributed by atoms with Gasteiger partial charge in [-0.05, 0) is 12.1 Å². The maximum Gasteiger partial charge on any atom is 0.277 e. The van der Waals surface area contributed by atoms with Crippen LogP contribution in [0.1, 0.15) is 10.5 Å². The number of phenols is 1. The van der Waals surface area contributed by atoms with Gasteiger partial charge in [-0.2, -0.15) is 0 Å². The number of hydrogen-bond acceptors (Lipinski definition) is 4. The Labute approximate surface area is 89.5 Å². The summed E-state index contributed by atoms with van der Waals surface area (Å²) in [6, 6.07) is 4.77. The molecule has 0 saturated carbocycles. The second-order valence-electron chi connectivity index (χ2n) is 3.00. The van der Waals surface area contributed by atoms with Crippen LogP contribution in [0, 0.1) is 5.82 Å². The summed E-state index contributed by atoms with van der Waals surface area (Å²) in [6.07, 6.45) is 1.24. The van der Waals surface area contributed by atoms with E-state index in [1.165, 1.54) is 24.5 Å². The zero-order valence-electron chi connectivity index (χ0n) is 7.98. The number of rotatable bonds is 2. The Bertz CT molecular complexity index is 511. The van der Waals surface area contributed by atoms with Gasteiger partial charge in [0.25, 0.3) is 5.91 Å². The lowest BCUT2D eigenvalue weighted by atomic mass is 10.2. The number of aromatic hydroxyl groups is 1. The van der Waals surface area contributed by atoms with Crippen LogP contribution in [-0.2, 0) is 0 Å². The summed E-state index contributed by atoms with van der Waals surface area (Å²) in [5.74, 6) is -1.52. The Balaban J connectivity index is 2.18. The van der Waals surface area contributed by atoms with Gasteiger partial charge in [-0.3, -0.25) is 4.79 Å². The number of carbonyl (C=O) groups is 1. The molecule has 82 valence electrons. The van der Waals surface area contributed by atoms with Crippen LogP contribution in [0.15, 0.2) is 35.1 Å². The third-order valence-corrected chi connectivity index (χ3v) is 1.87. The summed E-state index contributed by atoms with van der Waals surface area (Å²) < 4.78 is 17.7. The molecule has 0 radical (unpaired) electrons. The summed E-state index contributed by atoms with van der Waals surface area (Å²) in [5.41, 5.74) is 0.0123. The van der Waals surface area contributed by atoms with Crippen LogP contribution in [0.25, 0.3) is 0 Å². The summed E-state index contributed by atoms with van der Waals surface area (Å²) in [6.45, 7) is 0. The molecule has 5 nitrogen and oxygen atoms in total. The van der Waals surface area contributed by atoms with Crippen LogP contribution in [0.5, 0.6) is 5.75 Å². The van der Waals surface area contributed by atoms with Gasteiger partial charge in [0.2, 0.25) is 0 Å². The van der Waals surface area contributed by atoms with E-state index < -0.39 is 11.7 Å². The molecule has 1 aromatic carbocycles. The molecular formula is C10H7FN2O3. The van der Waals surface area contributed by atoms with E-state index in [2.05, 4.69) is 15.0 Å². The normalized spacial score (nSPS) is 10.1. The SMILES string of the molecule is O=C(Nc1ccc(O)cc1F)c1ccon1. The quantitative estimate of drug-likeness (QED) is 0.759. The largest absolute Gasteiger partial charge is 0.508 e. The van der Waals surface area contributed by atoms with Crippen molar-refractivity contribution in [1.29, 1.82) is 0 Å². The van der Waals surface area contributed by atoms with E-state index in [1.807, 2.05) is 0 Å². The summed E-state index contributed by atoms with van der Waals surface area (Å²) in [4.78, 5) is 11.4. The Morgan fingerprint density at radius 2 is 2.25 bits per heavy atom. The lowest BCUT2D eigenvalue weighted by Gasteiger charge is -2.04. The number of benzene rings is 1. The first kappa shape index (κ1) is 10.2. The average molecular weight is 222 g/mol. The van der Waals surface area contributed by atoms with Gasteiger partial charge in [-0.25, -0.2) is 4.39 Å². The molecule has 1 amide bonds. The van der Waals surface area contributed by atoms with Crippen molar-refractivity contribution in [3.05, 3.63) is 42.0 Å². The highest BCUT2D eigenvalue weighted by Crippen LogP contribution is 2.19. The van der Waals surface area contributed by atoms with Crippen molar-refractivity contribution < 1.29 is 18.8 Å². The Morgan fingerprint density at radius 3 is 2.88 bits per heavy atom. The van der Waals surface area contributed by atoms with E-state index >= 15 is 0 Å². The van der Waals surface area contributed by atoms with Gasteiger partial charge in [0, 0.05) is 12.1 Å². The first-order valence-electron chi connectivity index (χ1n) is 4.37. The van der Waals surface area contributed by atoms with Crippen molar-refractivity contribution in [2.45, 2.75) is 0 Å². The molecule has 2 aromatic rings. The van der Waals surface area contributed by atoms with E-state index in [0.717, 1.165) is 6.07 Å². The zero-order valence-corrected chi connectivity index (χ0v) is 7.98. The summed E-state index contributed by atoms with van der Waals surface area (Å²) >= 11 is 0. The Kier molecular flexibility index (Phi) is 2.55. The molecule has 2 rings (SSSR count). The molecule has 0 saturated heterocycles. The second kappa shape index (κ2) is 4.01. The minimum Gasteiger partial charge on any atom is -0.508 e. The van der Waals surface area contributed by atoms with Crippen LogP contribution in [0.4, 0.5) is 10.1 Å². The standard InChI is InChI=1S/C10H7FN2O3/c11-7-5-6(14)1-2-8(7)12-10(15)9-3-4-16-13-9/h1-5,14H,(H,12,15). The number of amides is 1. The molecule has 0 aliphatic rings. The number of halogens is 1. The van der Waals surface area contributed by atoms with Gasteiger partial charge >= 0.3 is 0 Å². The highest BCUT2D eigenvalue weighted by molar-refractivity contribution is 6.02. The minimum absolute atomic E-state index is 0.0363. The van der Waals surface area contributed by atoms with Crippen molar-refractivity contribution in [3.8, 4) is 5.75 Å². The molecule has 0 bridgehead atoms. The highest BCUT2D eigenvalue weighted by atomic mass is 19.1. The lowest BCUT2D eigenvalue weighted by molar-refractivity contribution is 0.101. The van der Waals surface area contributed by atoms with E-state index in [0.29, 0.717) is 0 Å². The zero-order chi connectivity index (χ0) is 11.5. The molecular weight excluding hydrogens is 215 g/mol. The van der Waals surface area contributed by atoms with Gasteiger partial charge in [0.15, 0.2) is 5.69 Å². The first-order chi connectivity index (χ1) is 7.66. The number of anilines is 1. The van der Waals surface area contributed by atoms with Crippen LogP contribution < -0.4 is 5.32 Å². The Morgan fingerprint density at radius 1 is 1.44 bits per heavy atom.